The molecule has 5 rings (SSSR count). The summed E-state index contributed by atoms with van der Waals surface area (Å²) in [6.45, 7) is 3.78. The lowest BCUT2D eigenvalue weighted by atomic mass is 9.92. The lowest BCUT2D eigenvalue weighted by molar-refractivity contribution is -0.124. The number of H-pyrrole nitrogens is 1. The van der Waals surface area contributed by atoms with E-state index in [1.165, 1.54) is 11.8 Å². The number of benzene rings is 1. The van der Waals surface area contributed by atoms with Crippen molar-refractivity contribution in [3.05, 3.63) is 36.0 Å². The van der Waals surface area contributed by atoms with Crippen LogP contribution in [0.1, 0.15) is 31.4 Å². The van der Waals surface area contributed by atoms with E-state index in [2.05, 4.69) is 25.7 Å². The number of rotatable bonds is 11. The largest absolute Gasteiger partial charge is 0.490 e. The van der Waals surface area contributed by atoms with Crippen molar-refractivity contribution >= 4 is 46.6 Å². The molecule has 2 aliphatic rings. The molecule has 0 spiro atoms. The molecule has 1 aliphatic carbocycles. The van der Waals surface area contributed by atoms with Gasteiger partial charge in [0.05, 0.1) is 13.7 Å². The molecule has 1 amide bonds. The Bertz CT molecular complexity index is 1350. The first-order valence-corrected chi connectivity index (χ1v) is 14.4. The van der Waals surface area contributed by atoms with Gasteiger partial charge in [0.15, 0.2) is 22.6 Å². The van der Waals surface area contributed by atoms with E-state index in [0.29, 0.717) is 48.0 Å². The smallest absolute Gasteiger partial charge is 0.227 e. The van der Waals surface area contributed by atoms with Crippen molar-refractivity contribution < 1.29 is 14.3 Å². The number of piperidine rings is 1. The minimum Gasteiger partial charge on any atom is -0.490 e. The zero-order valence-electron chi connectivity index (χ0n) is 23.4. The summed E-state index contributed by atoms with van der Waals surface area (Å²) in [4.78, 5) is 39.5. The summed E-state index contributed by atoms with van der Waals surface area (Å²) < 4.78 is 5.83. The van der Waals surface area contributed by atoms with E-state index in [-0.39, 0.29) is 23.5 Å². The number of carbonyl (C=O) groups excluding carboxylic acids is 2. The van der Waals surface area contributed by atoms with Crippen LogP contribution in [0.4, 0.5) is 23.1 Å². The van der Waals surface area contributed by atoms with Crippen molar-refractivity contribution in [1.29, 1.82) is 0 Å². The number of anilines is 4. The van der Waals surface area contributed by atoms with Crippen LogP contribution in [0.25, 0.3) is 0 Å². The van der Waals surface area contributed by atoms with E-state index in [1.54, 1.807) is 7.11 Å². The van der Waals surface area contributed by atoms with Crippen LogP contribution in [0, 0.1) is 18.8 Å². The number of ether oxygens (including phenoxy) is 1. The number of hydrogen-bond acceptors (Lipinski definition) is 10. The zero-order valence-corrected chi connectivity index (χ0v) is 24.2. The van der Waals surface area contributed by atoms with E-state index in [4.69, 9.17) is 14.7 Å². The number of methoxy groups -OCH3 is 1. The lowest BCUT2D eigenvalue weighted by Crippen LogP contribution is -2.39. The van der Waals surface area contributed by atoms with Crippen molar-refractivity contribution in [2.45, 2.75) is 42.7 Å². The Labute approximate surface area is 238 Å². The normalized spacial score (nSPS) is 15.8. The van der Waals surface area contributed by atoms with E-state index >= 15 is 0 Å². The molecule has 1 saturated carbocycles. The molecule has 0 bridgehead atoms. The van der Waals surface area contributed by atoms with Gasteiger partial charge in [-0.15, -0.1) is 0 Å². The van der Waals surface area contributed by atoms with Crippen LogP contribution < -0.4 is 20.3 Å². The Morgan fingerprint density at radius 3 is 2.42 bits per heavy atom. The Balaban J connectivity index is 1.38. The highest BCUT2D eigenvalue weighted by molar-refractivity contribution is 7.99. The molecule has 1 aromatic carbocycles. The number of nitrogens with one attached hydrogen (secondary N) is 3. The molecule has 0 atom stereocenters. The van der Waals surface area contributed by atoms with Crippen LogP contribution in [0.15, 0.2) is 40.4 Å². The maximum absolute atomic E-state index is 12.7. The Morgan fingerprint density at radius 1 is 1.10 bits per heavy atom. The number of Topliss-reactive ketones (excluding diaryl/α,β-unsaturated/α-hetero) is 1. The molecular formula is C28H36N8O3S. The molecule has 212 valence electrons. The van der Waals surface area contributed by atoms with Gasteiger partial charge in [0, 0.05) is 47.3 Å². The van der Waals surface area contributed by atoms with Crippen molar-refractivity contribution in [1.82, 2.24) is 25.1 Å². The van der Waals surface area contributed by atoms with Crippen LogP contribution in [0.3, 0.4) is 0 Å². The van der Waals surface area contributed by atoms with E-state index in [1.807, 2.05) is 56.3 Å². The SMILES string of the molecule is COc1c(Nc2cc(C)[nH]n2)nc(Sc2ccc(NC(=O)C3CC3)cc2)nc1N1CCC(C(=O)CN(C)C)CC1. The van der Waals surface area contributed by atoms with Gasteiger partial charge in [-0.3, -0.25) is 14.7 Å². The van der Waals surface area contributed by atoms with E-state index < -0.39 is 0 Å². The third-order valence-corrected chi connectivity index (χ3v) is 7.86. The van der Waals surface area contributed by atoms with E-state index in [9.17, 15) is 9.59 Å². The Hall–Kier alpha value is -3.64. The number of aromatic amines is 1. The standard InChI is InChI=1S/C28H36N8O3S/c1-17-15-23(34-33-17)30-25-24(39-4)26(36-13-11-18(12-14-36)22(37)16-35(2)3)32-28(31-25)40-21-9-7-20(8-10-21)29-27(38)19-5-6-19/h7-10,15,18-19H,5-6,11-14,16H2,1-4H3,(H,29,38)(H2,30,31,32,33,34). The Morgan fingerprint density at radius 2 is 1.82 bits per heavy atom. The fourth-order valence-electron chi connectivity index (χ4n) is 4.71. The number of aryl methyl sites for hydroxylation is 1. The number of likely N-dealkylation sites (N-methyl/N-ethyl adjacent to an activating group) is 1. The maximum Gasteiger partial charge on any atom is 0.227 e. The molecule has 3 aromatic rings. The van der Waals surface area contributed by atoms with Gasteiger partial charge >= 0.3 is 0 Å². The van der Waals surface area contributed by atoms with Crippen molar-refractivity contribution in [2.75, 3.05) is 56.4 Å². The summed E-state index contributed by atoms with van der Waals surface area (Å²) in [5.41, 5.74) is 1.70. The highest BCUT2D eigenvalue weighted by Crippen LogP contribution is 2.39. The van der Waals surface area contributed by atoms with Gasteiger partial charge in [-0.05, 0) is 82.7 Å². The van der Waals surface area contributed by atoms with Crippen molar-refractivity contribution in [3.8, 4) is 5.75 Å². The molecule has 3 heterocycles. The second-order valence-electron chi connectivity index (χ2n) is 10.6. The first-order chi connectivity index (χ1) is 19.3. The van der Waals surface area contributed by atoms with Crippen molar-refractivity contribution in [3.63, 3.8) is 0 Å². The average Bonchev–Trinajstić information content (AvgIpc) is 3.71. The number of carbonyl (C=O) groups is 2. The average molecular weight is 565 g/mol. The number of nitrogens with zero attached hydrogens (tertiary/aromatic N) is 5. The molecule has 0 unspecified atom stereocenters. The van der Waals surface area contributed by atoms with Gasteiger partial charge in [-0.2, -0.15) is 5.10 Å². The lowest BCUT2D eigenvalue weighted by Gasteiger charge is -2.33. The molecule has 2 fully saturated rings. The van der Waals surface area contributed by atoms with Gasteiger partial charge in [0.1, 0.15) is 5.78 Å². The number of amides is 1. The molecule has 0 radical (unpaired) electrons. The second-order valence-corrected chi connectivity index (χ2v) is 11.7. The van der Waals surface area contributed by atoms with Crippen molar-refractivity contribution in [2.24, 2.45) is 11.8 Å². The van der Waals surface area contributed by atoms with Gasteiger partial charge in [-0.25, -0.2) is 9.97 Å². The first kappa shape index (κ1) is 27.9. The van der Waals surface area contributed by atoms with Gasteiger partial charge < -0.3 is 25.2 Å². The maximum atomic E-state index is 12.7. The minimum atomic E-state index is 0.0453. The third kappa shape index (κ3) is 6.92. The van der Waals surface area contributed by atoms with Crippen LogP contribution in [0.2, 0.25) is 0 Å². The Kier molecular flexibility index (Phi) is 8.55. The third-order valence-electron chi connectivity index (χ3n) is 6.98. The first-order valence-electron chi connectivity index (χ1n) is 13.5. The van der Waals surface area contributed by atoms with Gasteiger partial charge in [-0.1, -0.05) is 0 Å². The predicted molar refractivity (Wildman–Crippen MR) is 156 cm³/mol. The fourth-order valence-corrected chi connectivity index (χ4v) is 5.46. The van der Waals surface area contributed by atoms with Gasteiger partial charge in [0.2, 0.25) is 11.7 Å². The molecule has 2 aromatic heterocycles. The summed E-state index contributed by atoms with van der Waals surface area (Å²) >= 11 is 1.43. The molecule has 1 aliphatic heterocycles. The van der Waals surface area contributed by atoms with Gasteiger partial charge in [0.25, 0.3) is 0 Å². The molecule has 40 heavy (non-hydrogen) atoms. The number of aromatic nitrogens is 4. The number of hydrogen-bond donors (Lipinski definition) is 3. The van der Waals surface area contributed by atoms with E-state index in [0.717, 1.165) is 42.0 Å². The zero-order chi connectivity index (χ0) is 28.2. The highest BCUT2D eigenvalue weighted by atomic mass is 32.2. The minimum absolute atomic E-state index is 0.0453. The molecule has 12 heteroatoms. The molecule has 1 saturated heterocycles. The second kappa shape index (κ2) is 12.3. The molecular weight excluding hydrogens is 528 g/mol. The molecule has 11 nitrogen and oxygen atoms in total. The van der Waals surface area contributed by atoms with Crippen LogP contribution in [-0.4, -0.2) is 77.6 Å². The topological polar surface area (TPSA) is 128 Å². The summed E-state index contributed by atoms with van der Waals surface area (Å²) in [6.07, 6.45) is 3.46. The summed E-state index contributed by atoms with van der Waals surface area (Å²) in [5.74, 6) is 2.91. The van der Waals surface area contributed by atoms with Crippen LogP contribution >= 0.6 is 11.8 Å². The number of ketones is 1. The summed E-state index contributed by atoms with van der Waals surface area (Å²) in [7, 11) is 5.45. The fraction of sp³-hybridized carbons (Fsp3) is 0.464. The summed E-state index contributed by atoms with van der Waals surface area (Å²) in [6, 6.07) is 9.59. The molecule has 3 N–H and O–H groups in total. The quantitative estimate of drug-likeness (QED) is 0.293. The highest BCUT2D eigenvalue weighted by Gasteiger charge is 2.30. The predicted octanol–water partition coefficient (Wildman–Crippen LogP) is 4.11. The monoisotopic (exact) mass is 564 g/mol. The van der Waals surface area contributed by atoms with Crippen LogP contribution in [-0.2, 0) is 9.59 Å². The summed E-state index contributed by atoms with van der Waals surface area (Å²) in [5, 5.41) is 14.0. The van der Waals surface area contributed by atoms with Crippen LogP contribution in [0.5, 0.6) is 5.75 Å².